The number of likely N-dealkylation sites (N-methyl/N-ethyl adjacent to an activating group) is 1. The van der Waals surface area contributed by atoms with Crippen molar-refractivity contribution in [2.75, 3.05) is 53.6 Å². The predicted octanol–water partition coefficient (Wildman–Crippen LogP) is 11.9. The molecule has 0 radical (unpaired) electrons. The molecule has 0 amide bonds. The van der Waals surface area contributed by atoms with Crippen LogP contribution in [0.25, 0.3) is 0 Å². The molecule has 0 aromatic heterocycles. The van der Waals surface area contributed by atoms with Gasteiger partial charge in [-0.2, -0.15) is 13.1 Å². The van der Waals surface area contributed by atoms with E-state index in [1.807, 2.05) is 19.0 Å². The van der Waals surface area contributed by atoms with E-state index in [0.29, 0.717) is 32.9 Å². The van der Waals surface area contributed by atoms with Gasteiger partial charge in [0, 0.05) is 26.3 Å². The molecule has 8 heteroatoms. The van der Waals surface area contributed by atoms with Crippen LogP contribution in [0.15, 0.2) is 24.3 Å². The van der Waals surface area contributed by atoms with Gasteiger partial charge in [-0.1, -0.05) is 154 Å². The zero-order valence-corrected chi connectivity index (χ0v) is 35.1. The molecular formula is C43H86N2O5S. The van der Waals surface area contributed by atoms with Crippen molar-refractivity contribution in [1.82, 2.24) is 9.62 Å². The summed E-state index contributed by atoms with van der Waals surface area (Å²) in [5.74, 6) is 0. The van der Waals surface area contributed by atoms with Crippen LogP contribution in [0, 0.1) is 0 Å². The van der Waals surface area contributed by atoms with Crippen molar-refractivity contribution < 1.29 is 22.1 Å². The van der Waals surface area contributed by atoms with Crippen LogP contribution in [0.4, 0.5) is 0 Å². The maximum atomic E-state index is 12.3. The summed E-state index contributed by atoms with van der Waals surface area (Å²) in [6.45, 7) is 7.05. The highest BCUT2D eigenvalue weighted by Crippen LogP contribution is 2.12. The third kappa shape index (κ3) is 41.8. The van der Waals surface area contributed by atoms with E-state index in [1.54, 1.807) is 0 Å². The van der Waals surface area contributed by atoms with Crippen molar-refractivity contribution >= 4 is 10.3 Å². The first kappa shape index (κ1) is 50.2. The lowest BCUT2D eigenvalue weighted by molar-refractivity contribution is -0.0381. The lowest BCUT2D eigenvalue weighted by Gasteiger charge is -2.19. The Morgan fingerprint density at radius 3 is 1.35 bits per heavy atom. The molecule has 0 aromatic rings. The van der Waals surface area contributed by atoms with Gasteiger partial charge in [-0.15, -0.1) is 0 Å². The van der Waals surface area contributed by atoms with Crippen LogP contribution in [-0.2, 0) is 24.0 Å². The van der Waals surface area contributed by atoms with Crippen LogP contribution in [0.2, 0.25) is 0 Å². The van der Waals surface area contributed by atoms with Crippen LogP contribution in [0.1, 0.15) is 194 Å². The highest BCUT2D eigenvalue weighted by atomic mass is 32.2. The summed E-state index contributed by atoms with van der Waals surface area (Å²) in [6.07, 6.45) is 44.8. The standard InChI is InChI=1S/C43H86N2O5S/c1-5-7-9-11-13-15-17-19-21-23-25-27-29-31-33-35-39-48-41-43(42-50-51(46,47)44-37-38-45(3)4)49-40-36-34-32-30-28-26-24-22-20-18-16-14-12-10-8-6-2/h19-22,43-44H,5-18,23-42H2,1-4H3/b21-19-,22-20-. The zero-order chi connectivity index (χ0) is 37.4. The minimum Gasteiger partial charge on any atom is -0.379 e. The van der Waals surface area contributed by atoms with E-state index < -0.39 is 16.4 Å². The third-order valence-corrected chi connectivity index (χ3v) is 10.4. The van der Waals surface area contributed by atoms with Gasteiger partial charge in [-0.05, 0) is 78.3 Å². The van der Waals surface area contributed by atoms with Crippen molar-refractivity contribution in [3.8, 4) is 0 Å². The molecule has 304 valence electrons. The minimum atomic E-state index is -3.82. The molecule has 0 aliphatic carbocycles. The number of allylic oxidation sites excluding steroid dienone is 4. The molecule has 0 rings (SSSR count). The Kier molecular flexibility index (Phi) is 39.8. The molecule has 0 saturated carbocycles. The fraction of sp³-hybridized carbons (Fsp3) is 0.907. The quantitative estimate of drug-likeness (QED) is 0.0496. The van der Waals surface area contributed by atoms with E-state index in [-0.39, 0.29) is 6.61 Å². The molecule has 1 N–H and O–H groups in total. The second kappa shape index (κ2) is 40.4. The number of nitrogens with one attached hydrogen (secondary N) is 1. The van der Waals surface area contributed by atoms with E-state index in [9.17, 15) is 8.42 Å². The molecule has 0 aromatic carbocycles. The molecule has 1 atom stereocenters. The second-order valence-corrected chi connectivity index (χ2v) is 16.3. The fourth-order valence-electron chi connectivity index (χ4n) is 6.01. The Morgan fingerprint density at radius 1 is 0.529 bits per heavy atom. The van der Waals surface area contributed by atoms with Crippen molar-refractivity contribution in [2.24, 2.45) is 0 Å². The molecule has 51 heavy (non-hydrogen) atoms. The number of ether oxygens (including phenoxy) is 2. The molecular weight excluding hydrogens is 657 g/mol. The Labute approximate surface area is 318 Å². The summed E-state index contributed by atoms with van der Waals surface area (Å²) < 4.78 is 44.4. The van der Waals surface area contributed by atoms with E-state index >= 15 is 0 Å². The molecule has 0 heterocycles. The lowest BCUT2D eigenvalue weighted by atomic mass is 10.1. The van der Waals surface area contributed by atoms with Gasteiger partial charge in [-0.25, -0.2) is 0 Å². The average Bonchev–Trinajstić information content (AvgIpc) is 3.10. The van der Waals surface area contributed by atoms with E-state index in [4.69, 9.17) is 13.7 Å². The van der Waals surface area contributed by atoms with E-state index in [0.717, 1.165) is 25.7 Å². The van der Waals surface area contributed by atoms with Gasteiger partial charge in [0.25, 0.3) is 0 Å². The van der Waals surface area contributed by atoms with Crippen LogP contribution in [0.3, 0.4) is 0 Å². The van der Waals surface area contributed by atoms with Gasteiger partial charge in [0.2, 0.25) is 0 Å². The maximum Gasteiger partial charge on any atom is 0.335 e. The van der Waals surface area contributed by atoms with E-state index in [1.165, 1.54) is 154 Å². The molecule has 0 bridgehead atoms. The van der Waals surface area contributed by atoms with Crippen molar-refractivity contribution in [3.63, 3.8) is 0 Å². The Hall–Kier alpha value is -0.770. The number of hydrogen-bond donors (Lipinski definition) is 1. The van der Waals surface area contributed by atoms with Gasteiger partial charge in [0.05, 0.1) is 13.2 Å². The van der Waals surface area contributed by atoms with Gasteiger partial charge in [-0.3, -0.25) is 4.18 Å². The Bertz CT molecular complexity index is 849. The van der Waals surface area contributed by atoms with Crippen molar-refractivity contribution in [1.29, 1.82) is 0 Å². The predicted molar refractivity (Wildman–Crippen MR) is 221 cm³/mol. The molecule has 0 spiro atoms. The van der Waals surface area contributed by atoms with Gasteiger partial charge >= 0.3 is 10.3 Å². The SMILES string of the molecule is CCCCCCCC/C=C\CCCCCCCCOCC(COS(=O)(=O)NCCN(C)C)OCCCCCCCC/C=C\CCCCCCCC. The molecule has 0 aliphatic heterocycles. The molecule has 0 fully saturated rings. The Balaban J connectivity index is 4.05. The van der Waals surface area contributed by atoms with Crippen LogP contribution >= 0.6 is 0 Å². The van der Waals surface area contributed by atoms with E-state index in [2.05, 4.69) is 42.9 Å². The summed E-state index contributed by atoms with van der Waals surface area (Å²) in [6, 6.07) is 0. The molecule has 0 saturated heterocycles. The highest BCUT2D eigenvalue weighted by Gasteiger charge is 2.17. The molecule has 0 aliphatic rings. The van der Waals surface area contributed by atoms with Crippen LogP contribution in [0.5, 0.6) is 0 Å². The second-order valence-electron chi connectivity index (χ2n) is 14.9. The first-order valence-corrected chi connectivity index (χ1v) is 23.1. The number of unbranched alkanes of at least 4 members (excludes halogenated alkanes) is 24. The van der Waals surface area contributed by atoms with Gasteiger partial charge in [0.1, 0.15) is 6.10 Å². The zero-order valence-electron chi connectivity index (χ0n) is 34.3. The molecule has 1 unspecified atom stereocenters. The normalized spacial score (nSPS) is 13.0. The summed E-state index contributed by atoms with van der Waals surface area (Å²) in [4.78, 5) is 1.92. The number of hydrogen-bond acceptors (Lipinski definition) is 6. The summed E-state index contributed by atoms with van der Waals surface area (Å²) in [5, 5.41) is 0. The highest BCUT2D eigenvalue weighted by molar-refractivity contribution is 7.84. The molecule has 7 nitrogen and oxygen atoms in total. The minimum absolute atomic E-state index is 0.0307. The largest absolute Gasteiger partial charge is 0.379 e. The Morgan fingerprint density at radius 2 is 0.922 bits per heavy atom. The number of rotatable bonds is 42. The van der Waals surface area contributed by atoms with Gasteiger partial charge < -0.3 is 14.4 Å². The maximum absolute atomic E-state index is 12.3. The topological polar surface area (TPSA) is 77.1 Å². The van der Waals surface area contributed by atoms with Crippen LogP contribution in [-0.4, -0.2) is 73.0 Å². The first-order chi connectivity index (χ1) is 24.9. The van der Waals surface area contributed by atoms with Gasteiger partial charge in [0.15, 0.2) is 0 Å². The summed E-state index contributed by atoms with van der Waals surface area (Å²) in [7, 11) is -0.00593. The first-order valence-electron chi connectivity index (χ1n) is 21.7. The fourth-order valence-corrected chi connectivity index (χ4v) is 6.77. The smallest absolute Gasteiger partial charge is 0.335 e. The average molecular weight is 743 g/mol. The summed E-state index contributed by atoms with van der Waals surface area (Å²) >= 11 is 0. The van der Waals surface area contributed by atoms with Crippen LogP contribution < -0.4 is 4.72 Å². The third-order valence-electron chi connectivity index (χ3n) is 9.36. The summed E-state index contributed by atoms with van der Waals surface area (Å²) in [5.41, 5.74) is 0. The number of nitrogens with zero attached hydrogens (tertiary/aromatic N) is 1. The van der Waals surface area contributed by atoms with Crippen molar-refractivity contribution in [2.45, 2.75) is 200 Å². The van der Waals surface area contributed by atoms with Crippen molar-refractivity contribution in [3.05, 3.63) is 24.3 Å². The monoisotopic (exact) mass is 743 g/mol. The lowest BCUT2D eigenvalue weighted by Crippen LogP contribution is -2.35.